The molecule has 0 bridgehead atoms. The number of carbonyl (C=O) groups excluding carboxylic acids is 4. The third-order valence-corrected chi connectivity index (χ3v) is 5.67. The number of hydrogen-bond donors (Lipinski definition) is 2. The van der Waals surface area contributed by atoms with Crippen molar-refractivity contribution in [1.82, 2.24) is 5.32 Å². The van der Waals surface area contributed by atoms with Gasteiger partial charge in [0.15, 0.2) is 6.61 Å². The van der Waals surface area contributed by atoms with Gasteiger partial charge in [-0.05, 0) is 42.5 Å². The van der Waals surface area contributed by atoms with Crippen molar-refractivity contribution in [2.75, 3.05) is 16.8 Å². The molecule has 38 heavy (non-hydrogen) atoms. The van der Waals surface area contributed by atoms with E-state index in [0.29, 0.717) is 9.37 Å². The van der Waals surface area contributed by atoms with E-state index < -0.39 is 46.7 Å². The molecule has 3 aromatic rings. The zero-order valence-corrected chi connectivity index (χ0v) is 20.7. The number of nitro benzene ring substituents is 1. The summed E-state index contributed by atoms with van der Waals surface area (Å²) in [6.07, 6.45) is 1.16. The zero-order chi connectivity index (χ0) is 27.4. The number of anilines is 2. The van der Waals surface area contributed by atoms with Crippen LogP contribution < -0.4 is 20.3 Å². The molecule has 192 valence electrons. The highest BCUT2D eigenvalue weighted by atomic mass is 79.9. The average molecular weight is 583 g/mol. The second-order valence-electron chi connectivity index (χ2n) is 7.73. The van der Waals surface area contributed by atoms with Crippen LogP contribution in [0.3, 0.4) is 0 Å². The molecule has 4 rings (SSSR count). The number of non-ortho nitro benzene ring substituents is 1. The van der Waals surface area contributed by atoms with Gasteiger partial charge in [0.05, 0.1) is 16.3 Å². The van der Waals surface area contributed by atoms with E-state index in [4.69, 9.17) is 4.74 Å². The van der Waals surface area contributed by atoms with Crippen LogP contribution in [0.15, 0.2) is 76.8 Å². The number of rotatable bonds is 7. The molecule has 1 saturated heterocycles. The topological polar surface area (TPSA) is 148 Å². The van der Waals surface area contributed by atoms with Crippen molar-refractivity contribution in [2.24, 2.45) is 0 Å². The van der Waals surface area contributed by atoms with Gasteiger partial charge in [-0.3, -0.25) is 29.8 Å². The molecule has 13 heteroatoms. The molecule has 0 aromatic heterocycles. The van der Waals surface area contributed by atoms with Crippen LogP contribution in [0, 0.1) is 15.9 Å². The van der Waals surface area contributed by atoms with Gasteiger partial charge in [-0.15, -0.1) is 0 Å². The number of carbonyl (C=O) groups is 4. The minimum absolute atomic E-state index is 0.0328. The van der Waals surface area contributed by atoms with Gasteiger partial charge in [0.1, 0.15) is 17.1 Å². The van der Waals surface area contributed by atoms with Gasteiger partial charge in [0, 0.05) is 22.2 Å². The minimum Gasteiger partial charge on any atom is -0.483 e. The lowest BCUT2D eigenvalue weighted by molar-refractivity contribution is -0.384. The minimum atomic E-state index is -1.08. The Morgan fingerprint density at radius 2 is 1.87 bits per heavy atom. The van der Waals surface area contributed by atoms with Gasteiger partial charge in [-0.2, -0.15) is 0 Å². The molecule has 3 aromatic carbocycles. The Kier molecular flexibility index (Phi) is 7.58. The summed E-state index contributed by atoms with van der Waals surface area (Å²) >= 11 is 3.28. The van der Waals surface area contributed by atoms with Crippen molar-refractivity contribution in [3.05, 3.63) is 98.3 Å². The Labute approximate surface area is 222 Å². The fourth-order valence-corrected chi connectivity index (χ4v) is 3.83. The first kappa shape index (κ1) is 26.2. The third kappa shape index (κ3) is 5.73. The predicted molar refractivity (Wildman–Crippen MR) is 137 cm³/mol. The molecule has 0 aliphatic carbocycles. The molecule has 0 atom stereocenters. The number of amides is 5. The highest BCUT2D eigenvalue weighted by Crippen LogP contribution is 2.29. The van der Waals surface area contributed by atoms with Crippen molar-refractivity contribution >= 4 is 62.8 Å². The van der Waals surface area contributed by atoms with Crippen molar-refractivity contribution in [3.8, 4) is 5.75 Å². The summed E-state index contributed by atoms with van der Waals surface area (Å²) in [6.45, 7) is -0.523. The van der Waals surface area contributed by atoms with Crippen LogP contribution in [0.2, 0.25) is 0 Å². The van der Waals surface area contributed by atoms with Crippen molar-refractivity contribution in [1.29, 1.82) is 0 Å². The maximum Gasteiger partial charge on any atom is 0.335 e. The fraction of sp³-hybridized carbons (Fsp3) is 0.0400. The molecule has 2 N–H and O–H groups in total. The van der Waals surface area contributed by atoms with Crippen LogP contribution in [0.5, 0.6) is 5.75 Å². The smallest absolute Gasteiger partial charge is 0.335 e. The van der Waals surface area contributed by atoms with E-state index in [-0.39, 0.29) is 28.4 Å². The lowest BCUT2D eigenvalue weighted by atomic mass is 10.1. The number of halogens is 2. The molecule has 0 unspecified atom stereocenters. The van der Waals surface area contributed by atoms with Crippen molar-refractivity contribution in [3.63, 3.8) is 0 Å². The van der Waals surface area contributed by atoms with Crippen molar-refractivity contribution < 1.29 is 33.2 Å². The van der Waals surface area contributed by atoms with Gasteiger partial charge in [0.2, 0.25) is 0 Å². The van der Waals surface area contributed by atoms with E-state index in [1.165, 1.54) is 48.5 Å². The number of barbiturate groups is 1. The van der Waals surface area contributed by atoms with Crippen LogP contribution in [0.1, 0.15) is 5.56 Å². The van der Waals surface area contributed by atoms with Crippen LogP contribution in [0.4, 0.5) is 26.2 Å². The SMILES string of the molecule is O=C(COc1ccc(Br)cc1/C=C1/C(=O)NC(=O)N(c2cccc([N+](=O)[O-])c2)C1=O)Nc1ccccc1F. The van der Waals surface area contributed by atoms with E-state index in [0.717, 1.165) is 12.1 Å². The van der Waals surface area contributed by atoms with E-state index in [2.05, 4.69) is 21.2 Å². The lowest BCUT2D eigenvalue weighted by Gasteiger charge is -2.26. The Morgan fingerprint density at radius 3 is 2.61 bits per heavy atom. The summed E-state index contributed by atoms with van der Waals surface area (Å²) < 4.78 is 19.9. The Morgan fingerprint density at radius 1 is 1.11 bits per heavy atom. The van der Waals surface area contributed by atoms with Crippen LogP contribution >= 0.6 is 15.9 Å². The number of hydrogen-bond acceptors (Lipinski definition) is 7. The quantitative estimate of drug-likeness (QED) is 0.184. The Balaban J connectivity index is 1.60. The monoisotopic (exact) mass is 582 g/mol. The van der Waals surface area contributed by atoms with Crippen LogP contribution in [-0.2, 0) is 14.4 Å². The summed E-state index contributed by atoms with van der Waals surface area (Å²) in [5.41, 5.74) is -0.771. The number of nitro groups is 1. The number of ether oxygens (including phenoxy) is 1. The average Bonchev–Trinajstić information content (AvgIpc) is 2.87. The zero-order valence-electron chi connectivity index (χ0n) is 19.1. The fourth-order valence-electron chi connectivity index (χ4n) is 3.45. The van der Waals surface area contributed by atoms with E-state index in [1.807, 2.05) is 5.32 Å². The van der Waals surface area contributed by atoms with Crippen LogP contribution in [0.25, 0.3) is 6.08 Å². The first-order chi connectivity index (χ1) is 18.1. The van der Waals surface area contributed by atoms with Crippen molar-refractivity contribution in [2.45, 2.75) is 0 Å². The number of nitrogens with zero attached hydrogens (tertiary/aromatic N) is 2. The van der Waals surface area contributed by atoms with E-state index in [1.54, 1.807) is 12.1 Å². The molecule has 1 aliphatic rings. The van der Waals surface area contributed by atoms with Crippen LogP contribution in [-0.4, -0.2) is 35.3 Å². The molecular formula is C25H16BrFN4O7. The Bertz CT molecular complexity index is 1530. The third-order valence-electron chi connectivity index (χ3n) is 5.18. The number of nitrogens with one attached hydrogen (secondary N) is 2. The normalized spacial score (nSPS) is 14.3. The number of para-hydroxylation sites is 1. The standard InChI is InChI=1S/C25H16BrFN4O7/c26-15-8-9-21(38-13-22(32)28-20-7-2-1-6-19(20)27)14(10-15)11-18-23(33)29-25(35)30(24(18)34)16-4-3-5-17(12-16)31(36)37/h1-12H,13H2,(H,28,32)(H,29,33,35)/b18-11-. The predicted octanol–water partition coefficient (Wildman–Crippen LogP) is 4.18. The van der Waals surface area contributed by atoms with E-state index >= 15 is 0 Å². The summed E-state index contributed by atoms with van der Waals surface area (Å²) in [5.74, 6) is -3.21. The molecule has 11 nitrogen and oxygen atoms in total. The largest absolute Gasteiger partial charge is 0.483 e. The molecule has 1 aliphatic heterocycles. The summed E-state index contributed by atoms with van der Waals surface area (Å²) in [6, 6.07) is 13.9. The number of imide groups is 2. The lowest BCUT2D eigenvalue weighted by Crippen LogP contribution is -2.54. The Hall–Kier alpha value is -4.91. The molecule has 0 saturated carbocycles. The second kappa shape index (κ2) is 11.0. The number of benzene rings is 3. The van der Waals surface area contributed by atoms with Gasteiger partial charge in [0.25, 0.3) is 23.4 Å². The molecular weight excluding hydrogens is 567 g/mol. The molecule has 1 heterocycles. The van der Waals surface area contributed by atoms with Gasteiger partial charge in [-0.25, -0.2) is 14.1 Å². The molecule has 0 spiro atoms. The highest BCUT2D eigenvalue weighted by Gasteiger charge is 2.37. The molecule has 0 radical (unpaired) electrons. The maximum absolute atomic E-state index is 13.8. The molecule has 1 fully saturated rings. The summed E-state index contributed by atoms with van der Waals surface area (Å²) in [4.78, 5) is 61.5. The van der Waals surface area contributed by atoms with Gasteiger partial charge < -0.3 is 10.1 Å². The van der Waals surface area contributed by atoms with E-state index in [9.17, 15) is 33.7 Å². The summed E-state index contributed by atoms with van der Waals surface area (Å²) in [5, 5.41) is 15.5. The second-order valence-corrected chi connectivity index (χ2v) is 8.65. The maximum atomic E-state index is 13.8. The molecule has 5 amide bonds. The summed E-state index contributed by atoms with van der Waals surface area (Å²) in [7, 11) is 0. The van der Waals surface area contributed by atoms with Gasteiger partial charge in [-0.1, -0.05) is 34.1 Å². The first-order valence-electron chi connectivity index (χ1n) is 10.8. The number of urea groups is 1. The van der Waals surface area contributed by atoms with Gasteiger partial charge >= 0.3 is 6.03 Å². The first-order valence-corrected chi connectivity index (χ1v) is 11.6. The highest BCUT2D eigenvalue weighted by molar-refractivity contribution is 9.10.